The van der Waals surface area contributed by atoms with E-state index in [4.69, 9.17) is 26.6 Å². The van der Waals surface area contributed by atoms with Gasteiger partial charge in [-0.3, -0.25) is 0 Å². The van der Waals surface area contributed by atoms with Crippen molar-refractivity contribution >= 4 is 17.5 Å². The third-order valence-electron chi connectivity index (χ3n) is 4.02. The first-order valence-electron chi connectivity index (χ1n) is 6.53. The average molecular weight is 293 g/mol. The van der Waals surface area contributed by atoms with Crippen LogP contribution in [-0.4, -0.2) is 12.3 Å². The zero-order valence-electron chi connectivity index (χ0n) is 11.7. The van der Waals surface area contributed by atoms with Gasteiger partial charge in [-0.1, -0.05) is 30.6 Å². The van der Waals surface area contributed by atoms with Gasteiger partial charge in [0.25, 0.3) is 0 Å². The Hall–Kier alpha value is -1.68. The van der Waals surface area contributed by atoms with E-state index in [1.165, 1.54) is 0 Å². The molecule has 1 aromatic carbocycles. The Bertz CT molecular complexity index is 664. The fraction of sp³-hybridized carbons (Fsp3) is 0.400. The summed E-state index contributed by atoms with van der Waals surface area (Å²) < 4.78 is 10.6. The van der Waals surface area contributed by atoms with Gasteiger partial charge in [0.15, 0.2) is 0 Å². The molecule has 5 heteroatoms. The van der Waals surface area contributed by atoms with Crippen molar-refractivity contribution in [3.05, 3.63) is 28.9 Å². The van der Waals surface area contributed by atoms with Gasteiger partial charge in [0.05, 0.1) is 18.4 Å². The number of hydrogen-bond acceptors (Lipinski definition) is 4. The molecule has 1 atom stereocenters. The molecule has 1 saturated carbocycles. The number of aromatic nitrogens is 1. The minimum absolute atomic E-state index is 0.240. The van der Waals surface area contributed by atoms with Crippen molar-refractivity contribution in [3.8, 4) is 16.9 Å². The number of rotatable bonds is 3. The molecule has 2 aromatic rings. The third kappa shape index (κ3) is 2.04. The molecule has 4 nitrogen and oxygen atoms in total. The quantitative estimate of drug-likeness (QED) is 0.925. The molecule has 20 heavy (non-hydrogen) atoms. The van der Waals surface area contributed by atoms with Crippen LogP contribution in [0.3, 0.4) is 0 Å². The first-order valence-corrected chi connectivity index (χ1v) is 6.91. The van der Waals surface area contributed by atoms with E-state index in [1.54, 1.807) is 13.2 Å². The van der Waals surface area contributed by atoms with Crippen LogP contribution in [-0.2, 0) is 0 Å². The van der Waals surface area contributed by atoms with Crippen LogP contribution in [0.2, 0.25) is 5.02 Å². The first-order chi connectivity index (χ1) is 9.44. The van der Waals surface area contributed by atoms with Gasteiger partial charge in [-0.15, -0.1) is 0 Å². The van der Waals surface area contributed by atoms with Gasteiger partial charge in [0.2, 0.25) is 5.88 Å². The van der Waals surface area contributed by atoms with Gasteiger partial charge in [-0.2, -0.15) is 0 Å². The Morgan fingerprint density at radius 3 is 2.75 bits per heavy atom. The molecule has 1 unspecified atom stereocenters. The third-order valence-corrected chi connectivity index (χ3v) is 4.25. The van der Waals surface area contributed by atoms with E-state index in [0.29, 0.717) is 22.6 Å². The normalized spacial score (nSPS) is 19.9. The second kappa shape index (κ2) is 4.42. The van der Waals surface area contributed by atoms with E-state index in [2.05, 4.69) is 19.0 Å². The second-order valence-electron chi connectivity index (χ2n) is 5.90. The molecule has 0 radical (unpaired) electrons. The lowest BCUT2D eigenvalue weighted by Crippen LogP contribution is -1.96. The minimum atomic E-state index is 0.240. The Kier molecular flexibility index (Phi) is 2.94. The van der Waals surface area contributed by atoms with Crippen LogP contribution in [0, 0.1) is 5.41 Å². The molecule has 0 bridgehead atoms. The maximum Gasteiger partial charge on any atom is 0.230 e. The number of anilines is 1. The molecular formula is C15H17ClN2O2. The Balaban J connectivity index is 2.15. The predicted octanol–water partition coefficient (Wildman–Crippen LogP) is 4.10. The van der Waals surface area contributed by atoms with Crippen molar-refractivity contribution < 1.29 is 9.26 Å². The Labute approximate surface area is 122 Å². The Morgan fingerprint density at radius 2 is 2.15 bits per heavy atom. The van der Waals surface area contributed by atoms with Crippen molar-refractivity contribution in [1.29, 1.82) is 0 Å². The molecule has 2 N–H and O–H groups in total. The van der Waals surface area contributed by atoms with Crippen LogP contribution in [0.15, 0.2) is 22.7 Å². The van der Waals surface area contributed by atoms with Crippen molar-refractivity contribution in [2.45, 2.75) is 26.2 Å². The summed E-state index contributed by atoms with van der Waals surface area (Å²) in [7, 11) is 1.62. The standard InChI is InChI=1S/C15H17ClN2O2/c1-15(2)7-10(15)13-12(14(17)20-18-13)9-6-8(16)4-5-11(9)19-3/h4-6,10H,7,17H2,1-3H3. The Morgan fingerprint density at radius 1 is 1.45 bits per heavy atom. The molecule has 1 aliphatic carbocycles. The molecule has 1 fully saturated rings. The lowest BCUT2D eigenvalue weighted by molar-refractivity contribution is 0.416. The number of halogens is 1. The molecule has 0 amide bonds. The number of nitrogens with two attached hydrogens (primary N) is 1. The van der Waals surface area contributed by atoms with Crippen molar-refractivity contribution in [1.82, 2.24) is 5.16 Å². The van der Waals surface area contributed by atoms with Crippen LogP contribution >= 0.6 is 11.6 Å². The summed E-state index contributed by atoms with van der Waals surface area (Å²) >= 11 is 6.10. The maximum atomic E-state index is 6.10. The summed E-state index contributed by atoms with van der Waals surface area (Å²) in [6.07, 6.45) is 1.08. The summed E-state index contributed by atoms with van der Waals surface area (Å²) in [6, 6.07) is 5.45. The SMILES string of the molecule is COc1ccc(Cl)cc1-c1c(C2CC2(C)C)noc1N. The number of nitrogens with zero attached hydrogens (tertiary/aromatic N) is 1. The van der Waals surface area contributed by atoms with Crippen LogP contribution in [0.1, 0.15) is 31.9 Å². The van der Waals surface area contributed by atoms with Gasteiger partial charge >= 0.3 is 0 Å². The smallest absolute Gasteiger partial charge is 0.230 e. The van der Waals surface area contributed by atoms with Gasteiger partial charge in [-0.25, -0.2) is 0 Å². The summed E-state index contributed by atoms with van der Waals surface area (Å²) in [5.41, 5.74) is 8.75. The van der Waals surface area contributed by atoms with E-state index < -0.39 is 0 Å². The number of hydrogen-bond donors (Lipinski definition) is 1. The topological polar surface area (TPSA) is 61.3 Å². The molecule has 0 aliphatic heterocycles. The highest BCUT2D eigenvalue weighted by Gasteiger charge is 2.50. The molecular weight excluding hydrogens is 276 g/mol. The van der Waals surface area contributed by atoms with Crippen LogP contribution in [0.25, 0.3) is 11.1 Å². The fourth-order valence-electron chi connectivity index (χ4n) is 2.63. The summed E-state index contributed by atoms with van der Waals surface area (Å²) in [5.74, 6) is 1.38. The number of ether oxygens (including phenoxy) is 1. The molecule has 106 valence electrons. The van der Waals surface area contributed by atoms with E-state index >= 15 is 0 Å². The second-order valence-corrected chi connectivity index (χ2v) is 6.33. The average Bonchev–Trinajstić information content (AvgIpc) is 2.86. The largest absolute Gasteiger partial charge is 0.496 e. The molecule has 1 aliphatic rings. The van der Waals surface area contributed by atoms with E-state index in [1.807, 2.05) is 12.1 Å². The van der Waals surface area contributed by atoms with Crippen LogP contribution in [0.5, 0.6) is 5.75 Å². The fourth-order valence-corrected chi connectivity index (χ4v) is 2.81. The van der Waals surface area contributed by atoms with Gasteiger partial charge in [-0.05, 0) is 30.0 Å². The minimum Gasteiger partial charge on any atom is -0.496 e. The van der Waals surface area contributed by atoms with Gasteiger partial charge in [0, 0.05) is 16.5 Å². The molecule has 1 heterocycles. The first kappa shape index (κ1) is 13.3. The van der Waals surface area contributed by atoms with Crippen molar-refractivity contribution in [2.75, 3.05) is 12.8 Å². The highest BCUT2D eigenvalue weighted by Crippen LogP contribution is 2.60. The molecule has 0 saturated heterocycles. The lowest BCUT2D eigenvalue weighted by atomic mass is 9.99. The number of nitrogen functional groups attached to an aromatic ring is 1. The summed E-state index contributed by atoms with van der Waals surface area (Å²) in [6.45, 7) is 4.42. The highest BCUT2D eigenvalue weighted by molar-refractivity contribution is 6.31. The van der Waals surface area contributed by atoms with Crippen LogP contribution < -0.4 is 10.5 Å². The number of benzene rings is 1. The van der Waals surface area contributed by atoms with Crippen LogP contribution in [0.4, 0.5) is 5.88 Å². The number of methoxy groups -OCH3 is 1. The zero-order valence-corrected chi connectivity index (χ0v) is 12.5. The highest BCUT2D eigenvalue weighted by atomic mass is 35.5. The molecule has 3 rings (SSSR count). The predicted molar refractivity (Wildman–Crippen MR) is 79.1 cm³/mol. The van der Waals surface area contributed by atoms with E-state index in [9.17, 15) is 0 Å². The molecule has 1 aromatic heterocycles. The zero-order chi connectivity index (χ0) is 14.5. The summed E-state index contributed by atoms with van der Waals surface area (Å²) in [4.78, 5) is 0. The van der Waals surface area contributed by atoms with Crippen molar-refractivity contribution in [2.24, 2.45) is 5.41 Å². The molecule has 0 spiro atoms. The lowest BCUT2D eigenvalue weighted by Gasteiger charge is -2.10. The summed E-state index contributed by atoms with van der Waals surface area (Å²) in [5, 5.41) is 4.78. The van der Waals surface area contributed by atoms with Crippen molar-refractivity contribution in [3.63, 3.8) is 0 Å². The van der Waals surface area contributed by atoms with Gasteiger partial charge < -0.3 is 15.0 Å². The maximum absolute atomic E-state index is 6.10. The van der Waals surface area contributed by atoms with E-state index in [0.717, 1.165) is 23.2 Å². The monoisotopic (exact) mass is 292 g/mol. The van der Waals surface area contributed by atoms with Gasteiger partial charge in [0.1, 0.15) is 5.75 Å². The van der Waals surface area contributed by atoms with E-state index in [-0.39, 0.29) is 5.41 Å².